The lowest BCUT2D eigenvalue weighted by atomic mass is 9.84. The fraction of sp³-hybridized carbons (Fsp3) is 0.632. The Morgan fingerprint density at radius 2 is 2.17 bits per heavy atom. The molecule has 2 fully saturated rings. The lowest BCUT2D eigenvalue weighted by molar-refractivity contribution is -0.148. The summed E-state index contributed by atoms with van der Waals surface area (Å²) in [5, 5.41) is 10.8. The molecule has 1 amide bonds. The highest BCUT2D eigenvalue weighted by Gasteiger charge is 2.38. The van der Waals surface area contributed by atoms with E-state index in [0.29, 0.717) is 32.4 Å². The van der Waals surface area contributed by atoms with E-state index in [0.717, 1.165) is 25.0 Å². The maximum absolute atomic E-state index is 13.3. The average molecular weight is 335 g/mol. The summed E-state index contributed by atoms with van der Waals surface area (Å²) >= 11 is 0. The van der Waals surface area contributed by atoms with Crippen molar-refractivity contribution in [3.8, 4) is 0 Å². The van der Waals surface area contributed by atoms with Gasteiger partial charge >= 0.3 is 0 Å². The second-order valence-electron chi connectivity index (χ2n) is 7.18. The van der Waals surface area contributed by atoms with E-state index in [1.807, 2.05) is 17.9 Å². The maximum Gasteiger partial charge on any atom is 0.228 e. The molecule has 2 aliphatic rings. The average Bonchev–Trinajstić information content (AvgIpc) is 2.55. The highest BCUT2D eigenvalue weighted by atomic mass is 19.1. The van der Waals surface area contributed by atoms with E-state index >= 15 is 0 Å². The van der Waals surface area contributed by atoms with Crippen LogP contribution in [0, 0.1) is 11.7 Å². The van der Waals surface area contributed by atoms with Crippen molar-refractivity contribution >= 4 is 5.91 Å². The number of hydrogen-bond acceptors (Lipinski definition) is 3. The monoisotopic (exact) mass is 335 g/mol. The molecule has 1 N–H and O–H groups in total. The van der Waals surface area contributed by atoms with Gasteiger partial charge in [0.2, 0.25) is 5.91 Å². The highest BCUT2D eigenvalue weighted by molar-refractivity contribution is 5.79. The molecular weight excluding hydrogens is 309 g/mol. The number of amides is 1. The number of hydrogen-bond donors (Lipinski definition) is 1. The molecule has 0 radical (unpaired) electrons. The van der Waals surface area contributed by atoms with E-state index < -0.39 is 5.60 Å². The van der Waals surface area contributed by atoms with Crippen LogP contribution in [0.1, 0.15) is 38.2 Å². The number of rotatable bonds is 3. The molecule has 2 atom stereocenters. The summed E-state index contributed by atoms with van der Waals surface area (Å²) in [6.07, 6.45) is 3.26. The van der Waals surface area contributed by atoms with Gasteiger partial charge in [-0.05, 0) is 50.3 Å². The standard InChI is InChI=1S/C19H26FNO3/c1-14-17(6-3-11-24-14)18(22)21-9-7-19(23,8-10-21)13-15-4-2-5-16(20)12-15/h2,4-5,12,14,17,23H,3,6-11,13H2,1H3/t14-,17+/m0/s1. The van der Waals surface area contributed by atoms with Crippen molar-refractivity contribution in [3.63, 3.8) is 0 Å². The van der Waals surface area contributed by atoms with Gasteiger partial charge in [-0.3, -0.25) is 4.79 Å². The summed E-state index contributed by atoms with van der Waals surface area (Å²) in [4.78, 5) is 14.5. The zero-order valence-corrected chi connectivity index (χ0v) is 14.2. The largest absolute Gasteiger partial charge is 0.389 e. The Balaban J connectivity index is 1.57. The van der Waals surface area contributed by atoms with Crippen molar-refractivity contribution in [2.75, 3.05) is 19.7 Å². The van der Waals surface area contributed by atoms with E-state index in [4.69, 9.17) is 4.74 Å². The molecule has 24 heavy (non-hydrogen) atoms. The molecule has 5 heteroatoms. The first-order valence-corrected chi connectivity index (χ1v) is 8.84. The molecule has 2 aliphatic heterocycles. The van der Waals surface area contributed by atoms with E-state index in [1.165, 1.54) is 12.1 Å². The van der Waals surface area contributed by atoms with E-state index in [-0.39, 0.29) is 23.7 Å². The van der Waals surface area contributed by atoms with Gasteiger partial charge in [0.1, 0.15) is 5.82 Å². The van der Waals surface area contributed by atoms with Crippen LogP contribution in [0.4, 0.5) is 4.39 Å². The van der Waals surface area contributed by atoms with Crippen LogP contribution < -0.4 is 0 Å². The Kier molecular flexibility index (Phi) is 5.21. The van der Waals surface area contributed by atoms with Crippen LogP contribution in [0.5, 0.6) is 0 Å². The van der Waals surface area contributed by atoms with Crippen LogP contribution in [-0.4, -0.2) is 47.3 Å². The zero-order chi connectivity index (χ0) is 17.2. The third-order valence-electron chi connectivity index (χ3n) is 5.35. The normalized spacial score (nSPS) is 27.0. The number of piperidine rings is 1. The Labute approximate surface area is 142 Å². The first-order chi connectivity index (χ1) is 11.5. The Bertz CT molecular complexity index is 584. The maximum atomic E-state index is 13.3. The highest BCUT2D eigenvalue weighted by Crippen LogP contribution is 2.29. The first kappa shape index (κ1) is 17.4. The molecule has 4 nitrogen and oxygen atoms in total. The van der Waals surface area contributed by atoms with Crippen LogP contribution in [0.15, 0.2) is 24.3 Å². The Morgan fingerprint density at radius 3 is 2.83 bits per heavy atom. The third kappa shape index (κ3) is 3.95. The number of likely N-dealkylation sites (tertiary alicyclic amines) is 1. The second kappa shape index (κ2) is 7.19. The van der Waals surface area contributed by atoms with Crippen LogP contribution in [0.25, 0.3) is 0 Å². The minimum Gasteiger partial charge on any atom is -0.389 e. The fourth-order valence-corrected chi connectivity index (χ4v) is 3.83. The Hall–Kier alpha value is -1.46. The molecule has 2 saturated heterocycles. The SMILES string of the molecule is C[C@@H]1OCCC[C@H]1C(=O)N1CCC(O)(Cc2cccc(F)c2)CC1. The van der Waals surface area contributed by atoms with E-state index in [2.05, 4.69) is 0 Å². The number of carbonyl (C=O) groups excluding carboxylic acids is 1. The predicted molar refractivity (Wildman–Crippen MR) is 89.0 cm³/mol. The van der Waals surface area contributed by atoms with Gasteiger partial charge in [0.15, 0.2) is 0 Å². The first-order valence-electron chi connectivity index (χ1n) is 8.84. The van der Waals surface area contributed by atoms with Gasteiger partial charge in [-0.2, -0.15) is 0 Å². The van der Waals surface area contributed by atoms with Gasteiger partial charge in [-0.15, -0.1) is 0 Å². The number of ether oxygens (including phenoxy) is 1. The molecular formula is C19H26FNO3. The van der Waals surface area contributed by atoms with Crippen molar-refractivity contribution in [2.45, 2.75) is 50.7 Å². The second-order valence-corrected chi connectivity index (χ2v) is 7.18. The van der Waals surface area contributed by atoms with Crippen molar-refractivity contribution in [3.05, 3.63) is 35.6 Å². The van der Waals surface area contributed by atoms with Gasteiger partial charge in [0.25, 0.3) is 0 Å². The molecule has 0 aromatic heterocycles. The number of carbonyl (C=O) groups is 1. The van der Waals surface area contributed by atoms with Crippen LogP contribution >= 0.6 is 0 Å². The minimum atomic E-state index is -0.862. The molecule has 0 bridgehead atoms. The quantitative estimate of drug-likeness (QED) is 0.923. The lowest BCUT2D eigenvalue weighted by Crippen LogP contribution is -2.51. The van der Waals surface area contributed by atoms with Crippen LogP contribution in [0.3, 0.4) is 0 Å². The number of halogens is 1. The molecule has 132 valence electrons. The van der Waals surface area contributed by atoms with E-state index in [1.54, 1.807) is 6.07 Å². The van der Waals surface area contributed by atoms with Crippen molar-refractivity contribution in [2.24, 2.45) is 5.92 Å². The fourth-order valence-electron chi connectivity index (χ4n) is 3.83. The summed E-state index contributed by atoms with van der Waals surface area (Å²) < 4.78 is 18.9. The van der Waals surface area contributed by atoms with Gasteiger partial charge in [0, 0.05) is 26.1 Å². The van der Waals surface area contributed by atoms with Gasteiger partial charge < -0.3 is 14.7 Å². The van der Waals surface area contributed by atoms with Crippen LogP contribution in [-0.2, 0) is 16.0 Å². The molecule has 3 rings (SSSR count). The molecule has 0 saturated carbocycles. The zero-order valence-electron chi connectivity index (χ0n) is 14.2. The molecule has 1 aromatic rings. The van der Waals surface area contributed by atoms with E-state index in [9.17, 15) is 14.3 Å². The molecule has 0 aliphatic carbocycles. The van der Waals surface area contributed by atoms with Crippen molar-refractivity contribution in [1.82, 2.24) is 4.90 Å². The molecule has 2 heterocycles. The number of nitrogens with zero attached hydrogens (tertiary/aromatic N) is 1. The predicted octanol–water partition coefficient (Wildman–Crippen LogP) is 2.54. The summed E-state index contributed by atoms with van der Waals surface area (Å²) in [5.41, 5.74) is -0.0641. The minimum absolute atomic E-state index is 0.0284. The Morgan fingerprint density at radius 1 is 1.42 bits per heavy atom. The van der Waals surface area contributed by atoms with Gasteiger partial charge in [0.05, 0.1) is 17.6 Å². The molecule has 0 spiro atoms. The molecule has 1 aromatic carbocycles. The lowest BCUT2D eigenvalue weighted by Gasteiger charge is -2.41. The molecule has 0 unspecified atom stereocenters. The number of benzene rings is 1. The summed E-state index contributed by atoms with van der Waals surface area (Å²) in [6, 6.07) is 6.37. The number of aliphatic hydroxyl groups is 1. The smallest absolute Gasteiger partial charge is 0.228 e. The van der Waals surface area contributed by atoms with Crippen molar-refractivity contribution < 1.29 is 19.0 Å². The summed E-state index contributed by atoms with van der Waals surface area (Å²) in [6.45, 7) is 3.80. The summed E-state index contributed by atoms with van der Waals surface area (Å²) in [5.74, 6) is -0.196. The van der Waals surface area contributed by atoms with Crippen LogP contribution in [0.2, 0.25) is 0 Å². The van der Waals surface area contributed by atoms with Gasteiger partial charge in [-0.25, -0.2) is 4.39 Å². The third-order valence-corrected chi connectivity index (χ3v) is 5.35. The van der Waals surface area contributed by atoms with Crippen molar-refractivity contribution in [1.29, 1.82) is 0 Å². The van der Waals surface area contributed by atoms with Gasteiger partial charge in [-0.1, -0.05) is 12.1 Å². The topological polar surface area (TPSA) is 49.8 Å². The summed E-state index contributed by atoms with van der Waals surface area (Å²) in [7, 11) is 0.